The van der Waals surface area contributed by atoms with Gasteiger partial charge in [0.2, 0.25) is 5.88 Å². The fourth-order valence-electron chi connectivity index (χ4n) is 2.28. The number of benzene rings is 2. The van der Waals surface area contributed by atoms with E-state index in [-0.39, 0.29) is 43.0 Å². The lowest BCUT2D eigenvalue weighted by atomic mass is 10.2. The summed E-state index contributed by atoms with van der Waals surface area (Å²) in [7, 11) is 0. The number of nitrogens with zero attached hydrogens (tertiary/aromatic N) is 1. The van der Waals surface area contributed by atoms with Gasteiger partial charge in [-0.15, -0.1) is 0 Å². The molecule has 0 radical (unpaired) electrons. The lowest BCUT2D eigenvalue weighted by Crippen LogP contribution is -2.34. The zero-order chi connectivity index (χ0) is 21.8. The number of anilines is 1. The Morgan fingerprint density at radius 2 is 1.53 bits per heavy atom. The van der Waals surface area contributed by atoms with Crippen LogP contribution in [0.15, 0.2) is 48.7 Å². The molecule has 0 saturated heterocycles. The molecular weight excluding hydrogens is 495 g/mol. The maximum Gasteiger partial charge on any atom is 0.326 e. The molecule has 0 atom stereocenters. The van der Waals surface area contributed by atoms with E-state index in [4.69, 9.17) is 62.7 Å². The van der Waals surface area contributed by atoms with Crippen molar-refractivity contribution in [2.45, 2.75) is 0 Å². The molecule has 1 aromatic heterocycles. The molecule has 0 bridgehead atoms. The molecule has 2 N–H and O–H groups in total. The van der Waals surface area contributed by atoms with Crippen molar-refractivity contribution < 1.29 is 14.3 Å². The molecule has 11 heteroatoms. The minimum absolute atomic E-state index is 0.0497. The largest absolute Gasteiger partial charge is 0.434 e. The monoisotopic (exact) mass is 503 g/mol. The molecule has 0 saturated carbocycles. The van der Waals surface area contributed by atoms with E-state index >= 15 is 0 Å². The van der Waals surface area contributed by atoms with Crippen molar-refractivity contribution in [2.24, 2.45) is 0 Å². The van der Waals surface area contributed by atoms with E-state index in [1.165, 1.54) is 36.5 Å². The van der Waals surface area contributed by atoms with Crippen LogP contribution in [0.25, 0.3) is 0 Å². The van der Waals surface area contributed by atoms with Crippen LogP contribution in [-0.4, -0.2) is 16.9 Å². The number of aromatic nitrogens is 1. The van der Waals surface area contributed by atoms with Crippen molar-refractivity contribution in [3.63, 3.8) is 0 Å². The third kappa shape index (κ3) is 5.47. The molecule has 6 nitrogen and oxygen atoms in total. The second kappa shape index (κ2) is 9.73. The van der Waals surface area contributed by atoms with E-state index in [2.05, 4.69) is 15.6 Å². The van der Waals surface area contributed by atoms with E-state index < -0.39 is 11.9 Å². The minimum atomic E-state index is -0.803. The van der Waals surface area contributed by atoms with E-state index in [1.54, 1.807) is 12.1 Å². The number of hydrogen-bond acceptors (Lipinski definition) is 4. The van der Waals surface area contributed by atoms with Crippen molar-refractivity contribution in [1.82, 2.24) is 10.3 Å². The Kier molecular flexibility index (Phi) is 7.28. The van der Waals surface area contributed by atoms with E-state index in [9.17, 15) is 9.59 Å². The Bertz CT molecular complexity index is 1120. The molecule has 1 heterocycles. The summed E-state index contributed by atoms with van der Waals surface area (Å²) in [5.74, 6) is -0.541. The molecule has 0 unspecified atom stereocenters. The van der Waals surface area contributed by atoms with Gasteiger partial charge in [-0.2, -0.15) is 0 Å². The molecule has 30 heavy (non-hydrogen) atoms. The zero-order valence-electron chi connectivity index (χ0n) is 14.7. The summed E-state index contributed by atoms with van der Waals surface area (Å²) in [6, 6.07) is 9.72. The second-order valence-corrected chi connectivity index (χ2v) is 7.76. The van der Waals surface area contributed by atoms with Crippen molar-refractivity contribution in [2.75, 3.05) is 5.32 Å². The predicted molar refractivity (Wildman–Crippen MR) is 119 cm³/mol. The molecule has 3 aromatic rings. The molecule has 3 amide bonds. The standard InChI is InChI=1S/C19H10Cl5N3O3/c20-9-5-15(24)18(25-8-9)30-16-13(22)6-10(7-14(16)23)26-19(29)27-17(28)11-3-1-2-4-12(11)21/h1-8H,(H2,26,27,28,29). The van der Waals surface area contributed by atoms with Crippen LogP contribution < -0.4 is 15.4 Å². The number of nitrogens with one attached hydrogen (secondary N) is 2. The second-order valence-electron chi connectivity index (χ2n) is 5.70. The summed E-state index contributed by atoms with van der Waals surface area (Å²) < 4.78 is 5.56. The third-order valence-electron chi connectivity index (χ3n) is 3.57. The van der Waals surface area contributed by atoms with Crippen LogP contribution in [-0.2, 0) is 0 Å². The third-order valence-corrected chi connectivity index (χ3v) is 4.94. The highest BCUT2D eigenvalue weighted by atomic mass is 35.5. The molecule has 0 fully saturated rings. The zero-order valence-corrected chi connectivity index (χ0v) is 18.5. The fourth-order valence-corrected chi connectivity index (χ4v) is 3.49. The van der Waals surface area contributed by atoms with Gasteiger partial charge in [0, 0.05) is 11.9 Å². The lowest BCUT2D eigenvalue weighted by molar-refractivity contribution is 0.0967. The number of amides is 3. The number of carbonyl (C=O) groups is 2. The van der Waals surface area contributed by atoms with Gasteiger partial charge in [-0.1, -0.05) is 70.1 Å². The summed E-state index contributed by atoms with van der Waals surface area (Å²) in [6.45, 7) is 0. The first-order chi connectivity index (χ1) is 14.2. The molecular formula is C19H10Cl5N3O3. The van der Waals surface area contributed by atoms with Gasteiger partial charge in [-0.05, 0) is 30.3 Å². The topological polar surface area (TPSA) is 80.3 Å². The molecule has 0 spiro atoms. The number of rotatable bonds is 4. The highest BCUT2D eigenvalue weighted by Crippen LogP contribution is 2.40. The average Bonchev–Trinajstić information content (AvgIpc) is 2.66. The number of halogens is 5. The first-order valence-corrected chi connectivity index (χ1v) is 9.98. The molecule has 0 aliphatic heterocycles. The fraction of sp³-hybridized carbons (Fsp3) is 0. The molecule has 0 aliphatic carbocycles. The molecule has 0 aliphatic rings. The van der Waals surface area contributed by atoms with Gasteiger partial charge in [0.1, 0.15) is 5.02 Å². The van der Waals surface area contributed by atoms with Crippen LogP contribution in [0.5, 0.6) is 11.6 Å². The van der Waals surface area contributed by atoms with E-state index in [1.807, 2.05) is 0 Å². The number of pyridine rings is 1. The number of imide groups is 1. The van der Waals surface area contributed by atoms with Crippen LogP contribution in [0, 0.1) is 0 Å². The van der Waals surface area contributed by atoms with E-state index in [0.29, 0.717) is 5.02 Å². The first-order valence-electron chi connectivity index (χ1n) is 8.09. The maximum absolute atomic E-state index is 12.2. The Morgan fingerprint density at radius 3 is 2.17 bits per heavy atom. The van der Waals surface area contributed by atoms with Gasteiger partial charge in [-0.3, -0.25) is 10.1 Å². The van der Waals surface area contributed by atoms with Crippen LogP contribution in [0.3, 0.4) is 0 Å². The molecule has 154 valence electrons. The van der Waals surface area contributed by atoms with Gasteiger partial charge in [0.05, 0.1) is 25.7 Å². The smallest absolute Gasteiger partial charge is 0.326 e. The predicted octanol–water partition coefficient (Wildman–Crippen LogP) is 7.10. The van der Waals surface area contributed by atoms with Crippen LogP contribution >= 0.6 is 58.0 Å². The summed E-state index contributed by atoms with van der Waals surface area (Å²) in [5.41, 5.74) is 0.374. The normalized spacial score (nSPS) is 10.4. The van der Waals surface area contributed by atoms with Crippen molar-refractivity contribution in [3.05, 3.63) is 79.3 Å². The van der Waals surface area contributed by atoms with Crippen molar-refractivity contribution in [3.8, 4) is 11.6 Å². The van der Waals surface area contributed by atoms with E-state index in [0.717, 1.165) is 0 Å². The van der Waals surface area contributed by atoms with Crippen LogP contribution in [0.2, 0.25) is 25.1 Å². The van der Waals surface area contributed by atoms with Crippen LogP contribution in [0.4, 0.5) is 10.5 Å². The van der Waals surface area contributed by atoms with Gasteiger partial charge in [0.15, 0.2) is 5.75 Å². The Hall–Kier alpha value is -2.22. The summed E-state index contributed by atoms with van der Waals surface area (Å²) in [4.78, 5) is 28.3. The van der Waals surface area contributed by atoms with Crippen molar-refractivity contribution in [1.29, 1.82) is 0 Å². The Labute approximate surface area is 196 Å². The molecule has 3 rings (SSSR count). The summed E-state index contributed by atoms with van der Waals surface area (Å²) >= 11 is 30.2. The quantitative estimate of drug-likeness (QED) is 0.396. The lowest BCUT2D eigenvalue weighted by Gasteiger charge is -2.13. The average molecular weight is 506 g/mol. The van der Waals surface area contributed by atoms with Gasteiger partial charge in [-0.25, -0.2) is 9.78 Å². The van der Waals surface area contributed by atoms with Crippen LogP contribution in [0.1, 0.15) is 10.4 Å². The number of carbonyl (C=O) groups excluding carboxylic acids is 2. The number of hydrogen-bond donors (Lipinski definition) is 2. The summed E-state index contributed by atoms with van der Waals surface area (Å²) in [6.07, 6.45) is 1.35. The van der Waals surface area contributed by atoms with Crippen molar-refractivity contribution >= 4 is 75.6 Å². The maximum atomic E-state index is 12.2. The Morgan fingerprint density at radius 1 is 0.867 bits per heavy atom. The first kappa shape index (κ1) is 22.5. The number of urea groups is 1. The number of ether oxygens (including phenoxy) is 1. The van der Waals surface area contributed by atoms with Gasteiger partial charge in [0.25, 0.3) is 5.91 Å². The Balaban J connectivity index is 1.72. The van der Waals surface area contributed by atoms with Gasteiger partial charge >= 0.3 is 6.03 Å². The van der Waals surface area contributed by atoms with Gasteiger partial charge < -0.3 is 10.1 Å². The highest BCUT2D eigenvalue weighted by Gasteiger charge is 2.17. The molecule has 2 aromatic carbocycles. The summed E-state index contributed by atoms with van der Waals surface area (Å²) in [5, 5.41) is 5.47. The SMILES string of the molecule is O=C(NC(=O)c1ccccc1Cl)Nc1cc(Cl)c(Oc2ncc(Cl)cc2Cl)c(Cl)c1. The highest BCUT2D eigenvalue weighted by molar-refractivity contribution is 6.38. The minimum Gasteiger partial charge on any atom is -0.434 e.